The minimum atomic E-state index is 0.443. The third kappa shape index (κ3) is 1.20. The van der Waals surface area contributed by atoms with E-state index < -0.39 is 0 Å². The molecule has 1 aliphatic rings. The van der Waals surface area contributed by atoms with Gasteiger partial charge < -0.3 is 15.6 Å². The van der Waals surface area contributed by atoms with E-state index in [0.717, 1.165) is 29.8 Å². The van der Waals surface area contributed by atoms with E-state index in [1.54, 1.807) is 6.33 Å². The summed E-state index contributed by atoms with van der Waals surface area (Å²) < 4.78 is 0. The third-order valence-corrected chi connectivity index (χ3v) is 3.02. The van der Waals surface area contributed by atoms with Crippen molar-refractivity contribution in [3.8, 4) is 0 Å². The lowest BCUT2D eigenvalue weighted by atomic mass is 10.0. The fraction of sp³-hybridized carbons (Fsp3) is 0.400. The molecule has 78 valence electrons. The van der Waals surface area contributed by atoms with Crippen LogP contribution in [0.25, 0.3) is 11.0 Å². The number of hydrogen-bond donors (Lipinski definition) is 2. The predicted molar refractivity (Wildman–Crippen MR) is 58.7 cm³/mol. The summed E-state index contributed by atoms with van der Waals surface area (Å²) in [5.41, 5.74) is 6.58. The summed E-state index contributed by atoms with van der Waals surface area (Å²) >= 11 is 0. The van der Waals surface area contributed by atoms with Crippen LogP contribution in [0.15, 0.2) is 18.6 Å². The van der Waals surface area contributed by atoms with Gasteiger partial charge in [0.2, 0.25) is 0 Å². The molecule has 0 radical (unpaired) electrons. The second kappa shape index (κ2) is 3.20. The summed E-state index contributed by atoms with van der Waals surface area (Å²) in [6, 6.07) is 2.45. The Morgan fingerprint density at radius 2 is 2.47 bits per heavy atom. The van der Waals surface area contributed by atoms with Crippen LogP contribution in [-0.2, 0) is 0 Å². The molecule has 0 aromatic carbocycles. The Bertz CT molecular complexity index is 475. The highest BCUT2D eigenvalue weighted by molar-refractivity contribution is 5.87. The Labute approximate surface area is 87.3 Å². The van der Waals surface area contributed by atoms with Crippen molar-refractivity contribution in [2.24, 2.45) is 5.73 Å². The van der Waals surface area contributed by atoms with Gasteiger partial charge in [0.1, 0.15) is 17.8 Å². The van der Waals surface area contributed by atoms with E-state index in [1.807, 2.05) is 12.3 Å². The van der Waals surface area contributed by atoms with Crippen molar-refractivity contribution in [2.75, 3.05) is 18.0 Å². The number of nitrogens with one attached hydrogen (secondary N) is 1. The van der Waals surface area contributed by atoms with Crippen LogP contribution >= 0.6 is 0 Å². The van der Waals surface area contributed by atoms with Crippen molar-refractivity contribution in [1.29, 1.82) is 0 Å². The van der Waals surface area contributed by atoms with Gasteiger partial charge in [-0.3, -0.25) is 0 Å². The molecule has 0 aliphatic carbocycles. The molecule has 1 fully saturated rings. The molecule has 1 atom stereocenters. The Balaban J connectivity index is 2.06. The first-order valence-corrected chi connectivity index (χ1v) is 5.15. The van der Waals surface area contributed by atoms with Crippen LogP contribution in [0, 0.1) is 0 Å². The maximum Gasteiger partial charge on any atom is 0.142 e. The Kier molecular flexibility index (Phi) is 1.85. The monoisotopic (exact) mass is 203 g/mol. The summed E-state index contributed by atoms with van der Waals surface area (Å²) in [4.78, 5) is 13.8. The molecule has 0 amide bonds. The highest BCUT2D eigenvalue weighted by Gasteiger charge is 2.29. The Morgan fingerprint density at radius 1 is 1.53 bits per heavy atom. The van der Waals surface area contributed by atoms with E-state index in [4.69, 9.17) is 5.73 Å². The molecule has 0 bridgehead atoms. The van der Waals surface area contributed by atoms with Gasteiger partial charge in [-0.25, -0.2) is 9.97 Å². The molecule has 15 heavy (non-hydrogen) atoms. The van der Waals surface area contributed by atoms with E-state index in [2.05, 4.69) is 19.9 Å². The zero-order valence-corrected chi connectivity index (χ0v) is 8.35. The normalized spacial score (nSPS) is 20.6. The Morgan fingerprint density at radius 3 is 3.20 bits per heavy atom. The van der Waals surface area contributed by atoms with Crippen molar-refractivity contribution in [1.82, 2.24) is 15.0 Å². The zero-order chi connectivity index (χ0) is 10.3. The number of anilines is 1. The molecule has 3 heterocycles. The van der Waals surface area contributed by atoms with Crippen molar-refractivity contribution in [3.05, 3.63) is 18.6 Å². The second-order valence-corrected chi connectivity index (χ2v) is 3.81. The molecule has 1 unspecified atom stereocenters. The van der Waals surface area contributed by atoms with Gasteiger partial charge in [-0.15, -0.1) is 0 Å². The molecule has 0 spiro atoms. The maximum absolute atomic E-state index is 5.69. The van der Waals surface area contributed by atoms with Crippen LogP contribution in [0.1, 0.15) is 6.42 Å². The number of hydrogen-bond acceptors (Lipinski definition) is 4. The average Bonchev–Trinajstić information content (AvgIpc) is 2.65. The first-order chi connectivity index (χ1) is 7.40. The zero-order valence-electron chi connectivity index (χ0n) is 8.35. The minimum Gasteiger partial charge on any atom is -0.352 e. The van der Waals surface area contributed by atoms with Crippen LogP contribution in [0.4, 0.5) is 5.82 Å². The number of nitrogens with two attached hydrogens (primary N) is 1. The number of aromatic amines is 1. The highest BCUT2D eigenvalue weighted by atomic mass is 15.3. The van der Waals surface area contributed by atoms with Gasteiger partial charge in [0.05, 0.1) is 5.39 Å². The van der Waals surface area contributed by atoms with Gasteiger partial charge in [0, 0.05) is 25.3 Å². The van der Waals surface area contributed by atoms with Gasteiger partial charge in [0.25, 0.3) is 0 Å². The largest absolute Gasteiger partial charge is 0.352 e. The summed E-state index contributed by atoms with van der Waals surface area (Å²) in [5, 5.41) is 1.08. The molecule has 2 aromatic rings. The summed E-state index contributed by atoms with van der Waals surface area (Å²) in [5.74, 6) is 1.00. The maximum atomic E-state index is 5.69. The number of H-pyrrole nitrogens is 1. The molecule has 1 saturated heterocycles. The fourth-order valence-corrected chi connectivity index (χ4v) is 2.05. The van der Waals surface area contributed by atoms with Crippen LogP contribution in [-0.4, -0.2) is 34.1 Å². The number of nitrogens with zero attached hydrogens (tertiary/aromatic N) is 3. The molecule has 5 heteroatoms. The molecular weight excluding hydrogens is 190 g/mol. The summed E-state index contributed by atoms with van der Waals surface area (Å²) in [7, 11) is 0. The lowest BCUT2D eigenvalue weighted by molar-refractivity contribution is 0.453. The smallest absolute Gasteiger partial charge is 0.142 e. The molecular formula is C10H13N5. The van der Waals surface area contributed by atoms with E-state index in [1.165, 1.54) is 0 Å². The quantitative estimate of drug-likeness (QED) is 0.745. The van der Waals surface area contributed by atoms with Gasteiger partial charge in [-0.2, -0.15) is 0 Å². The summed E-state index contributed by atoms with van der Waals surface area (Å²) in [6.45, 7) is 1.73. The van der Waals surface area contributed by atoms with Gasteiger partial charge in [-0.05, 0) is 12.5 Å². The standard InChI is InChI=1S/C10H13N5/c11-5-7-2-4-15(7)10-8-1-3-12-9(8)13-6-14-10/h1,3,6-7H,2,4-5,11H2,(H,12,13,14). The minimum absolute atomic E-state index is 0.443. The van der Waals surface area contributed by atoms with E-state index in [-0.39, 0.29) is 0 Å². The number of aromatic nitrogens is 3. The van der Waals surface area contributed by atoms with Crippen LogP contribution < -0.4 is 10.6 Å². The van der Waals surface area contributed by atoms with Crippen LogP contribution in [0.5, 0.6) is 0 Å². The second-order valence-electron chi connectivity index (χ2n) is 3.81. The van der Waals surface area contributed by atoms with Gasteiger partial charge >= 0.3 is 0 Å². The fourth-order valence-electron chi connectivity index (χ4n) is 2.05. The van der Waals surface area contributed by atoms with E-state index in [0.29, 0.717) is 12.6 Å². The van der Waals surface area contributed by atoms with Crippen molar-refractivity contribution in [3.63, 3.8) is 0 Å². The molecule has 0 saturated carbocycles. The van der Waals surface area contributed by atoms with Gasteiger partial charge in [-0.1, -0.05) is 0 Å². The van der Waals surface area contributed by atoms with Gasteiger partial charge in [0.15, 0.2) is 0 Å². The third-order valence-electron chi connectivity index (χ3n) is 3.02. The first kappa shape index (κ1) is 8.67. The number of rotatable bonds is 2. The number of fused-ring (bicyclic) bond motifs is 1. The first-order valence-electron chi connectivity index (χ1n) is 5.15. The predicted octanol–water partition coefficient (Wildman–Crippen LogP) is 0.495. The summed E-state index contributed by atoms with van der Waals surface area (Å²) in [6.07, 6.45) is 4.65. The van der Waals surface area contributed by atoms with Crippen LogP contribution in [0.2, 0.25) is 0 Å². The molecule has 3 rings (SSSR count). The Hall–Kier alpha value is -1.62. The lowest BCUT2D eigenvalue weighted by Crippen LogP contribution is -2.52. The van der Waals surface area contributed by atoms with Crippen molar-refractivity contribution >= 4 is 16.9 Å². The molecule has 1 aliphatic heterocycles. The molecule has 2 aromatic heterocycles. The topological polar surface area (TPSA) is 70.8 Å². The molecule has 5 nitrogen and oxygen atoms in total. The van der Waals surface area contributed by atoms with E-state index in [9.17, 15) is 0 Å². The average molecular weight is 203 g/mol. The van der Waals surface area contributed by atoms with Crippen LogP contribution in [0.3, 0.4) is 0 Å². The van der Waals surface area contributed by atoms with E-state index >= 15 is 0 Å². The lowest BCUT2D eigenvalue weighted by Gasteiger charge is -2.41. The molecule has 3 N–H and O–H groups in total. The highest BCUT2D eigenvalue weighted by Crippen LogP contribution is 2.29. The van der Waals surface area contributed by atoms with Crippen molar-refractivity contribution in [2.45, 2.75) is 12.5 Å². The SMILES string of the molecule is NCC1CCN1c1ncnc2[nH]ccc12. The van der Waals surface area contributed by atoms with Crippen molar-refractivity contribution < 1.29 is 0 Å².